The molecule has 0 heterocycles. The molecule has 3 rings (SSSR count). The van der Waals surface area contributed by atoms with Crippen molar-refractivity contribution in [2.75, 3.05) is 0 Å². The Bertz CT molecular complexity index is 962. The third-order valence-corrected chi connectivity index (χ3v) is 8.60. The van der Waals surface area contributed by atoms with Gasteiger partial charge in [0, 0.05) is 21.2 Å². The predicted octanol–water partition coefficient (Wildman–Crippen LogP) is 6.97. The molecule has 0 amide bonds. The van der Waals surface area contributed by atoms with Crippen molar-refractivity contribution in [3.05, 3.63) is 65.2 Å². The molecule has 0 saturated heterocycles. The van der Waals surface area contributed by atoms with E-state index in [1.54, 1.807) is 11.9 Å². The standard InChI is InChI=1S/C23H26F5NOS2/c1-21(2,3)31-29-17-10-12-22(13-11-17,19-14-16(24)6-9-20(19)25)32(30)18-7-4-15(5-8-18)23(26,27)28/h4-9,14,17,29H,10-13H2,1-3H3. The van der Waals surface area contributed by atoms with E-state index in [1.165, 1.54) is 0 Å². The maximum Gasteiger partial charge on any atom is 0.416 e. The van der Waals surface area contributed by atoms with Gasteiger partial charge in [0.1, 0.15) is 11.6 Å². The first-order valence-corrected chi connectivity index (χ1v) is 12.3. The van der Waals surface area contributed by atoms with Crippen LogP contribution in [0.25, 0.3) is 0 Å². The summed E-state index contributed by atoms with van der Waals surface area (Å²) >= 11 is 1.58. The van der Waals surface area contributed by atoms with Crippen molar-refractivity contribution in [3.63, 3.8) is 0 Å². The smallest absolute Gasteiger partial charge is 0.261 e. The van der Waals surface area contributed by atoms with Gasteiger partial charge in [-0.3, -0.25) is 8.93 Å². The van der Waals surface area contributed by atoms with Crippen LogP contribution in [0.15, 0.2) is 47.4 Å². The highest BCUT2D eigenvalue weighted by atomic mass is 32.2. The quantitative estimate of drug-likeness (QED) is 0.362. The van der Waals surface area contributed by atoms with Gasteiger partial charge in [0.25, 0.3) is 0 Å². The minimum atomic E-state index is -4.51. The normalized spacial score (nSPS) is 23.2. The third kappa shape index (κ3) is 5.72. The van der Waals surface area contributed by atoms with Crippen molar-refractivity contribution in [3.8, 4) is 0 Å². The molecule has 0 bridgehead atoms. The van der Waals surface area contributed by atoms with E-state index in [2.05, 4.69) is 25.5 Å². The van der Waals surface area contributed by atoms with Crippen molar-refractivity contribution in [1.82, 2.24) is 4.72 Å². The zero-order chi connectivity index (χ0) is 23.7. The van der Waals surface area contributed by atoms with E-state index in [4.69, 9.17) is 0 Å². The van der Waals surface area contributed by atoms with E-state index in [-0.39, 0.29) is 21.2 Å². The van der Waals surface area contributed by atoms with Crippen LogP contribution >= 0.6 is 11.9 Å². The number of rotatable bonds is 5. The number of hydrogen-bond donors (Lipinski definition) is 1. The van der Waals surface area contributed by atoms with Gasteiger partial charge < -0.3 is 0 Å². The molecular formula is C23H26F5NOS2. The van der Waals surface area contributed by atoms with Crippen LogP contribution in [-0.2, 0) is 21.7 Å². The number of nitrogens with one attached hydrogen (secondary N) is 1. The Balaban J connectivity index is 1.94. The van der Waals surface area contributed by atoms with Gasteiger partial charge in [-0.2, -0.15) is 13.2 Å². The molecule has 1 atom stereocenters. The first-order valence-electron chi connectivity index (χ1n) is 10.3. The molecule has 0 radical (unpaired) electrons. The summed E-state index contributed by atoms with van der Waals surface area (Å²) in [5.74, 6) is -1.31. The van der Waals surface area contributed by atoms with E-state index in [9.17, 15) is 26.2 Å². The number of benzene rings is 2. The van der Waals surface area contributed by atoms with E-state index in [0.717, 1.165) is 42.5 Å². The monoisotopic (exact) mass is 491 g/mol. The van der Waals surface area contributed by atoms with Crippen LogP contribution < -0.4 is 4.72 Å². The lowest BCUT2D eigenvalue weighted by molar-refractivity contribution is -0.137. The summed E-state index contributed by atoms with van der Waals surface area (Å²) in [6, 6.07) is 7.25. The van der Waals surface area contributed by atoms with Gasteiger partial charge in [0.2, 0.25) is 0 Å². The first kappa shape index (κ1) is 25.2. The second kappa shape index (κ2) is 9.43. The highest BCUT2D eigenvalue weighted by Gasteiger charge is 2.45. The highest BCUT2D eigenvalue weighted by Crippen LogP contribution is 2.46. The lowest BCUT2D eigenvalue weighted by Gasteiger charge is -2.40. The molecule has 2 nitrogen and oxygen atoms in total. The van der Waals surface area contributed by atoms with Crippen LogP contribution in [0.4, 0.5) is 22.0 Å². The lowest BCUT2D eigenvalue weighted by atomic mass is 9.80. The molecule has 0 aliphatic heterocycles. The number of alkyl halides is 3. The van der Waals surface area contributed by atoms with Gasteiger partial charge in [-0.05, 0) is 88.9 Å². The Kier molecular flexibility index (Phi) is 7.42. The van der Waals surface area contributed by atoms with Crippen LogP contribution in [0, 0.1) is 11.6 Å². The highest BCUT2D eigenvalue weighted by molar-refractivity contribution is 7.98. The maximum absolute atomic E-state index is 14.8. The summed E-state index contributed by atoms with van der Waals surface area (Å²) in [6.45, 7) is 6.21. The molecule has 1 N–H and O–H groups in total. The van der Waals surface area contributed by atoms with Gasteiger partial charge in [-0.15, -0.1) is 0 Å². The number of halogens is 5. The average Bonchev–Trinajstić information content (AvgIpc) is 2.73. The summed E-state index contributed by atoms with van der Waals surface area (Å²) < 4.78 is 83.5. The molecule has 1 aliphatic carbocycles. The molecule has 0 spiro atoms. The molecule has 1 saturated carbocycles. The molecule has 176 valence electrons. The Morgan fingerprint density at radius 2 is 1.59 bits per heavy atom. The summed E-state index contributed by atoms with van der Waals surface area (Å²) in [6.07, 6.45) is -2.75. The van der Waals surface area contributed by atoms with E-state index < -0.39 is 38.9 Å². The molecule has 2 aromatic carbocycles. The fraction of sp³-hybridized carbons (Fsp3) is 0.478. The van der Waals surface area contributed by atoms with Gasteiger partial charge >= 0.3 is 6.18 Å². The van der Waals surface area contributed by atoms with Crippen molar-refractivity contribution < 1.29 is 26.2 Å². The van der Waals surface area contributed by atoms with Crippen LogP contribution in [0.1, 0.15) is 57.6 Å². The fourth-order valence-corrected chi connectivity index (χ4v) is 6.41. The summed E-state index contributed by atoms with van der Waals surface area (Å²) in [5.41, 5.74) is -0.839. The first-order chi connectivity index (χ1) is 14.8. The second-order valence-electron chi connectivity index (χ2n) is 9.02. The summed E-state index contributed by atoms with van der Waals surface area (Å²) in [5, 5.41) is 0. The van der Waals surface area contributed by atoms with Crippen LogP contribution in [0.3, 0.4) is 0 Å². The molecule has 2 aromatic rings. The number of hydrogen-bond acceptors (Lipinski definition) is 3. The maximum atomic E-state index is 14.8. The van der Waals surface area contributed by atoms with Crippen LogP contribution in [0.5, 0.6) is 0 Å². The van der Waals surface area contributed by atoms with Crippen LogP contribution in [0.2, 0.25) is 0 Å². The average molecular weight is 492 g/mol. The minimum Gasteiger partial charge on any atom is -0.261 e. The van der Waals surface area contributed by atoms with Gasteiger partial charge in [-0.1, -0.05) is 11.9 Å². The van der Waals surface area contributed by atoms with Crippen molar-refractivity contribution in [1.29, 1.82) is 0 Å². The van der Waals surface area contributed by atoms with Crippen molar-refractivity contribution in [2.45, 2.75) is 73.1 Å². The second-order valence-corrected chi connectivity index (χ2v) is 12.5. The topological polar surface area (TPSA) is 29.1 Å². The van der Waals surface area contributed by atoms with Gasteiger partial charge in [0.15, 0.2) is 0 Å². The molecule has 1 unspecified atom stereocenters. The minimum absolute atomic E-state index is 0.00769. The van der Waals surface area contributed by atoms with Crippen molar-refractivity contribution >= 4 is 22.7 Å². The zero-order valence-electron chi connectivity index (χ0n) is 18.1. The van der Waals surface area contributed by atoms with E-state index in [1.807, 2.05) is 0 Å². The molecular weight excluding hydrogens is 465 g/mol. The summed E-state index contributed by atoms with van der Waals surface area (Å²) in [7, 11) is -1.88. The molecule has 0 aromatic heterocycles. The Morgan fingerprint density at radius 1 is 1.00 bits per heavy atom. The predicted molar refractivity (Wildman–Crippen MR) is 119 cm³/mol. The molecule has 1 fully saturated rings. The Morgan fingerprint density at radius 3 is 2.12 bits per heavy atom. The SMILES string of the molecule is CC(C)(C)SNC1CCC(c2cc(F)ccc2F)(S(=O)c2ccc(C(F)(F)F)cc2)CC1. The largest absolute Gasteiger partial charge is 0.416 e. The zero-order valence-corrected chi connectivity index (χ0v) is 19.7. The van der Waals surface area contributed by atoms with Gasteiger partial charge in [0.05, 0.1) is 21.1 Å². The Hall–Kier alpha value is -1.45. The molecule has 1 aliphatic rings. The summed E-state index contributed by atoms with van der Waals surface area (Å²) in [4.78, 5) is 0.164. The van der Waals surface area contributed by atoms with E-state index in [0.29, 0.717) is 25.7 Å². The van der Waals surface area contributed by atoms with E-state index >= 15 is 0 Å². The molecule has 9 heteroatoms. The fourth-order valence-electron chi connectivity index (χ4n) is 3.86. The van der Waals surface area contributed by atoms with Gasteiger partial charge in [-0.25, -0.2) is 8.78 Å². The molecule has 32 heavy (non-hydrogen) atoms. The van der Waals surface area contributed by atoms with Crippen LogP contribution in [-0.4, -0.2) is 15.0 Å². The third-order valence-electron chi connectivity index (χ3n) is 5.49. The lowest BCUT2D eigenvalue weighted by Crippen LogP contribution is -2.42. The van der Waals surface area contributed by atoms with Crippen molar-refractivity contribution in [2.24, 2.45) is 0 Å². The Labute approximate surface area is 192 Å².